The molecule has 0 atom stereocenters. The standard InChI is InChI=1S/C20H24ClN3O3/c1-14-7-8-16(21)12-18(14)24-19(25)13-23-17-6-3-5-15(11-17)20(26)22-9-4-10-27-2/h3,5-8,11-12,23H,4,9-10,13H2,1-2H3,(H,22,26)(H,24,25). The van der Waals surface area contributed by atoms with E-state index < -0.39 is 0 Å². The summed E-state index contributed by atoms with van der Waals surface area (Å²) in [6, 6.07) is 12.3. The summed E-state index contributed by atoms with van der Waals surface area (Å²) >= 11 is 5.96. The van der Waals surface area contributed by atoms with Crippen LogP contribution in [0.3, 0.4) is 0 Å². The van der Waals surface area contributed by atoms with Gasteiger partial charge in [-0.1, -0.05) is 23.7 Å². The highest BCUT2D eigenvalue weighted by molar-refractivity contribution is 6.31. The second kappa shape index (κ2) is 10.5. The Labute approximate surface area is 164 Å². The number of carbonyl (C=O) groups is 2. The number of nitrogens with one attached hydrogen (secondary N) is 3. The van der Waals surface area contributed by atoms with Gasteiger partial charge in [0.25, 0.3) is 5.91 Å². The predicted octanol–water partition coefficient (Wildman–Crippen LogP) is 3.47. The van der Waals surface area contributed by atoms with E-state index >= 15 is 0 Å². The van der Waals surface area contributed by atoms with Crippen LogP contribution in [0.4, 0.5) is 11.4 Å². The zero-order valence-corrected chi connectivity index (χ0v) is 16.2. The summed E-state index contributed by atoms with van der Waals surface area (Å²) in [5.41, 5.74) is 2.83. The van der Waals surface area contributed by atoms with Gasteiger partial charge in [-0.15, -0.1) is 0 Å². The number of benzene rings is 2. The summed E-state index contributed by atoms with van der Waals surface area (Å²) in [5, 5.41) is 9.24. The van der Waals surface area contributed by atoms with E-state index in [0.717, 1.165) is 12.0 Å². The average Bonchev–Trinajstić information content (AvgIpc) is 2.66. The molecule has 0 heterocycles. The first-order valence-corrected chi connectivity index (χ1v) is 9.04. The molecule has 0 aliphatic rings. The van der Waals surface area contributed by atoms with Crippen molar-refractivity contribution in [3.05, 3.63) is 58.6 Å². The first kappa shape index (κ1) is 20.7. The Kier molecular flexibility index (Phi) is 8.10. The number of hydrogen-bond donors (Lipinski definition) is 3. The number of amides is 2. The molecular weight excluding hydrogens is 366 g/mol. The summed E-state index contributed by atoms with van der Waals surface area (Å²) < 4.78 is 4.95. The van der Waals surface area contributed by atoms with Gasteiger partial charge < -0.3 is 20.7 Å². The van der Waals surface area contributed by atoms with E-state index in [1.165, 1.54) is 0 Å². The van der Waals surface area contributed by atoms with Crippen molar-refractivity contribution in [3.63, 3.8) is 0 Å². The second-order valence-electron chi connectivity index (χ2n) is 6.04. The maximum atomic E-state index is 12.2. The third-order valence-corrected chi connectivity index (χ3v) is 4.10. The van der Waals surface area contributed by atoms with Crippen LogP contribution in [-0.4, -0.2) is 38.6 Å². The molecule has 2 rings (SSSR count). The summed E-state index contributed by atoms with van der Waals surface area (Å²) in [7, 11) is 1.63. The van der Waals surface area contributed by atoms with E-state index in [1.807, 2.05) is 13.0 Å². The van der Waals surface area contributed by atoms with Crippen molar-refractivity contribution in [2.45, 2.75) is 13.3 Å². The molecule has 2 aromatic rings. The summed E-state index contributed by atoms with van der Waals surface area (Å²) in [6.45, 7) is 3.12. The number of carbonyl (C=O) groups excluding carboxylic acids is 2. The average molecular weight is 390 g/mol. The molecule has 0 aliphatic heterocycles. The molecule has 0 fully saturated rings. The van der Waals surface area contributed by atoms with Crippen LogP contribution < -0.4 is 16.0 Å². The highest BCUT2D eigenvalue weighted by atomic mass is 35.5. The number of ether oxygens (including phenoxy) is 1. The first-order chi connectivity index (χ1) is 13.0. The number of rotatable bonds is 9. The van der Waals surface area contributed by atoms with Gasteiger partial charge in [0.15, 0.2) is 0 Å². The number of hydrogen-bond acceptors (Lipinski definition) is 4. The molecule has 0 bridgehead atoms. The molecule has 144 valence electrons. The van der Waals surface area contributed by atoms with Crippen LogP contribution in [0.2, 0.25) is 5.02 Å². The number of halogens is 1. The van der Waals surface area contributed by atoms with E-state index in [0.29, 0.717) is 35.1 Å². The van der Waals surface area contributed by atoms with Crippen LogP contribution in [0.25, 0.3) is 0 Å². The third kappa shape index (κ3) is 6.92. The fourth-order valence-corrected chi connectivity index (χ4v) is 2.57. The monoisotopic (exact) mass is 389 g/mol. The van der Waals surface area contributed by atoms with Gasteiger partial charge in [0.2, 0.25) is 5.91 Å². The summed E-state index contributed by atoms with van der Waals surface area (Å²) in [6.07, 6.45) is 0.753. The van der Waals surface area contributed by atoms with Crippen molar-refractivity contribution in [2.24, 2.45) is 0 Å². The highest BCUT2D eigenvalue weighted by Gasteiger charge is 2.08. The molecule has 6 nitrogen and oxygen atoms in total. The quantitative estimate of drug-likeness (QED) is 0.574. The zero-order valence-electron chi connectivity index (χ0n) is 15.5. The lowest BCUT2D eigenvalue weighted by Gasteiger charge is -2.11. The minimum Gasteiger partial charge on any atom is -0.385 e. The Morgan fingerprint density at radius 3 is 2.74 bits per heavy atom. The number of aryl methyl sites for hydroxylation is 1. The largest absolute Gasteiger partial charge is 0.385 e. The number of methoxy groups -OCH3 is 1. The Morgan fingerprint density at radius 1 is 1.15 bits per heavy atom. The molecule has 0 saturated carbocycles. The lowest BCUT2D eigenvalue weighted by molar-refractivity contribution is -0.114. The molecule has 3 N–H and O–H groups in total. The maximum absolute atomic E-state index is 12.2. The Morgan fingerprint density at radius 2 is 1.96 bits per heavy atom. The molecule has 0 aromatic heterocycles. The van der Waals surface area contributed by atoms with Gasteiger partial charge in [-0.2, -0.15) is 0 Å². The molecule has 2 amide bonds. The van der Waals surface area contributed by atoms with Gasteiger partial charge in [0.1, 0.15) is 0 Å². The van der Waals surface area contributed by atoms with E-state index in [9.17, 15) is 9.59 Å². The van der Waals surface area contributed by atoms with E-state index in [4.69, 9.17) is 16.3 Å². The molecule has 0 radical (unpaired) electrons. The SMILES string of the molecule is COCCCNC(=O)c1cccc(NCC(=O)Nc2cc(Cl)ccc2C)c1. The smallest absolute Gasteiger partial charge is 0.251 e. The minimum absolute atomic E-state index is 0.0743. The van der Waals surface area contributed by atoms with Gasteiger partial charge in [0, 0.05) is 42.2 Å². The van der Waals surface area contributed by atoms with E-state index in [1.54, 1.807) is 43.5 Å². The lowest BCUT2D eigenvalue weighted by atomic mass is 10.2. The van der Waals surface area contributed by atoms with Crippen molar-refractivity contribution in [1.29, 1.82) is 0 Å². The van der Waals surface area contributed by atoms with Crippen LogP contribution in [0.15, 0.2) is 42.5 Å². The van der Waals surface area contributed by atoms with Crippen LogP contribution in [0, 0.1) is 6.92 Å². The van der Waals surface area contributed by atoms with Gasteiger partial charge in [-0.25, -0.2) is 0 Å². The highest BCUT2D eigenvalue weighted by Crippen LogP contribution is 2.20. The van der Waals surface area contributed by atoms with Crippen LogP contribution >= 0.6 is 11.6 Å². The number of anilines is 2. The maximum Gasteiger partial charge on any atom is 0.251 e. The van der Waals surface area contributed by atoms with E-state index in [2.05, 4.69) is 16.0 Å². The molecule has 0 spiro atoms. The Balaban J connectivity index is 1.87. The lowest BCUT2D eigenvalue weighted by Crippen LogP contribution is -2.25. The van der Waals surface area contributed by atoms with Crippen molar-refractivity contribution in [1.82, 2.24) is 5.32 Å². The zero-order chi connectivity index (χ0) is 19.6. The van der Waals surface area contributed by atoms with Gasteiger partial charge in [0.05, 0.1) is 6.54 Å². The van der Waals surface area contributed by atoms with Crippen molar-refractivity contribution >= 4 is 34.8 Å². The molecule has 2 aromatic carbocycles. The molecule has 0 aliphatic carbocycles. The van der Waals surface area contributed by atoms with Crippen LogP contribution in [-0.2, 0) is 9.53 Å². The first-order valence-electron chi connectivity index (χ1n) is 8.66. The molecule has 7 heteroatoms. The fourth-order valence-electron chi connectivity index (χ4n) is 2.40. The second-order valence-corrected chi connectivity index (χ2v) is 6.48. The van der Waals surface area contributed by atoms with Crippen LogP contribution in [0.1, 0.15) is 22.3 Å². The van der Waals surface area contributed by atoms with Gasteiger partial charge in [-0.3, -0.25) is 9.59 Å². The molecule has 0 unspecified atom stereocenters. The predicted molar refractivity (Wildman–Crippen MR) is 109 cm³/mol. The van der Waals surface area contributed by atoms with Crippen molar-refractivity contribution in [3.8, 4) is 0 Å². The molecule has 27 heavy (non-hydrogen) atoms. The van der Waals surface area contributed by atoms with Crippen molar-refractivity contribution in [2.75, 3.05) is 37.4 Å². The molecular formula is C20H24ClN3O3. The third-order valence-electron chi connectivity index (χ3n) is 3.86. The Hall–Kier alpha value is -2.57. The fraction of sp³-hybridized carbons (Fsp3) is 0.300. The Bertz CT molecular complexity index is 796. The van der Waals surface area contributed by atoms with Crippen molar-refractivity contribution < 1.29 is 14.3 Å². The molecule has 0 saturated heterocycles. The summed E-state index contributed by atoms with van der Waals surface area (Å²) in [4.78, 5) is 24.3. The van der Waals surface area contributed by atoms with Gasteiger partial charge >= 0.3 is 0 Å². The van der Waals surface area contributed by atoms with Crippen LogP contribution in [0.5, 0.6) is 0 Å². The minimum atomic E-state index is -0.199. The summed E-state index contributed by atoms with van der Waals surface area (Å²) in [5.74, 6) is -0.358. The van der Waals surface area contributed by atoms with Gasteiger partial charge in [-0.05, 0) is 49.2 Å². The van der Waals surface area contributed by atoms with E-state index in [-0.39, 0.29) is 18.4 Å². The topological polar surface area (TPSA) is 79.5 Å². The normalized spacial score (nSPS) is 10.3.